The van der Waals surface area contributed by atoms with Crippen molar-refractivity contribution in [1.29, 1.82) is 0 Å². The van der Waals surface area contributed by atoms with E-state index in [0.717, 1.165) is 31.4 Å². The molecule has 0 aromatic carbocycles. The molecule has 0 saturated carbocycles. The third kappa shape index (κ3) is 7.25. The normalized spacial score (nSPS) is 13.5. The summed E-state index contributed by atoms with van der Waals surface area (Å²) < 4.78 is 12.7. The molecular weight excluding hydrogens is 159 g/mol. The molecule has 0 aliphatic rings. The molecule has 12 heavy (non-hydrogen) atoms. The first-order valence-corrected chi connectivity index (χ1v) is 4.22. The van der Waals surface area contributed by atoms with Crippen LogP contribution in [0.3, 0.4) is 0 Å². The van der Waals surface area contributed by atoms with Gasteiger partial charge in [0.1, 0.15) is 6.17 Å². The molecule has 1 N–H and O–H groups in total. The number of allylic oxidation sites excluding steroid dienone is 1. The molecule has 0 saturated heterocycles. The molecule has 0 fully saturated rings. The first-order valence-electron chi connectivity index (χ1n) is 4.22. The Labute approximate surface area is 72.1 Å². The van der Waals surface area contributed by atoms with Gasteiger partial charge in [-0.15, -0.1) is 0 Å². The molecule has 0 bridgehead atoms. The molecule has 3 heteroatoms. The van der Waals surface area contributed by atoms with Crippen molar-refractivity contribution in [2.45, 2.75) is 38.8 Å². The summed E-state index contributed by atoms with van der Waals surface area (Å²) in [5, 5.41) is 8.18. The molecule has 0 aromatic heterocycles. The number of hydrogen-bond donors (Lipinski definition) is 1. The second kappa shape index (κ2) is 6.83. The zero-order valence-corrected chi connectivity index (χ0v) is 7.29. The van der Waals surface area contributed by atoms with Gasteiger partial charge in [-0.2, -0.15) is 0 Å². The Balaban J connectivity index is 3.45. The molecule has 0 rings (SSSR count). The molecule has 70 valence electrons. The van der Waals surface area contributed by atoms with Crippen LogP contribution < -0.4 is 0 Å². The van der Waals surface area contributed by atoms with E-state index in [2.05, 4.69) is 0 Å². The summed E-state index contributed by atoms with van der Waals surface area (Å²) >= 11 is 0. The standard InChI is InChI=1S/C9H15FO2/c1-2-3-4-5-8(10)6-7-9(11)12/h6-8H,2-5H2,1H3,(H,11,12)/b7-6+. The van der Waals surface area contributed by atoms with Crippen LogP contribution in [0.1, 0.15) is 32.6 Å². The summed E-state index contributed by atoms with van der Waals surface area (Å²) in [6, 6.07) is 0. The van der Waals surface area contributed by atoms with Crippen LogP contribution in [0.5, 0.6) is 0 Å². The fraction of sp³-hybridized carbons (Fsp3) is 0.667. The number of carboxylic acid groups (broad SMARTS) is 1. The molecular formula is C9H15FO2. The molecule has 0 aliphatic carbocycles. The van der Waals surface area contributed by atoms with E-state index >= 15 is 0 Å². The summed E-state index contributed by atoms with van der Waals surface area (Å²) in [5.74, 6) is -1.09. The minimum atomic E-state index is -1.10. The molecule has 0 aliphatic heterocycles. The molecule has 0 spiro atoms. The van der Waals surface area contributed by atoms with E-state index in [4.69, 9.17) is 5.11 Å². The number of halogens is 1. The van der Waals surface area contributed by atoms with Gasteiger partial charge in [0.25, 0.3) is 0 Å². The summed E-state index contributed by atoms with van der Waals surface area (Å²) in [6.07, 6.45) is 4.15. The van der Waals surface area contributed by atoms with Gasteiger partial charge in [-0.25, -0.2) is 9.18 Å². The monoisotopic (exact) mass is 174 g/mol. The highest BCUT2D eigenvalue weighted by Crippen LogP contribution is 2.07. The summed E-state index contributed by atoms with van der Waals surface area (Å²) in [7, 11) is 0. The van der Waals surface area contributed by atoms with Crippen LogP contribution in [-0.2, 0) is 4.79 Å². The summed E-state index contributed by atoms with van der Waals surface area (Å²) in [5.41, 5.74) is 0. The maximum Gasteiger partial charge on any atom is 0.328 e. The lowest BCUT2D eigenvalue weighted by atomic mass is 10.1. The lowest BCUT2D eigenvalue weighted by molar-refractivity contribution is -0.131. The van der Waals surface area contributed by atoms with E-state index in [0.29, 0.717) is 6.42 Å². The minimum absolute atomic E-state index is 0.428. The maximum absolute atomic E-state index is 12.7. The molecule has 0 heterocycles. The fourth-order valence-electron chi connectivity index (χ4n) is 0.872. The van der Waals surface area contributed by atoms with E-state index < -0.39 is 12.1 Å². The smallest absolute Gasteiger partial charge is 0.328 e. The highest BCUT2D eigenvalue weighted by atomic mass is 19.1. The van der Waals surface area contributed by atoms with E-state index in [1.807, 2.05) is 6.92 Å². The first-order chi connectivity index (χ1) is 5.66. The van der Waals surface area contributed by atoms with E-state index in [1.165, 1.54) is 0 Å². The van der Waals surface area contributed by atoms with Crippen molar-refractivity contribution in [3.05, 3.63) is 12.2 Å². The Kier molecular flexibility index (Phi) is 6.34. The van der Waals surface area contributed by atoms with E-state index in [9.17, 15) is 9.18 Å². The average Bonchev–Trinajstić information content (AvgIpc) is 2.01. The topological polar surface area (TPSA) is 37.3 Å². The van der Waals surface area contributed by atoms with Crippen molar-refractivity contribution >= 4 is 5.97 Å². The van der Waals surface area contributed by atoms with E-state index in [1.54, 1.807) is 0 Å². The molecule has 0 radical (unpaired) electrons. The van der Waals surface area contributed by atoms with Crippen LogP contribution >= 0.6 is 0 Å². The number of alkyl halides is 1. The van der Waals surface area contributed by atoms with Crippen LogP contribution in [0.25, 0.3) is 0 Å². The van der Waals surface area contributed by atoms with Crippen molar-refractivity contribution in [3.8, 4) is 0 Å². The predicted octanol–water partition coefficient (Wildman–Crippen LogP) is 2.55. The zero-order valence-electron chi connectivity index (χ0n) is 7.29. The Morgan fingerprint density at radius 3 is 2.75 bits per heavy atom. The van der Waals surface area contributed by atoms with Gasteiger partial charge >= 0.3 is 5.97 Å². The third-order valence-electron chi connectivity index (χ3n) is 1.53. The average molecular weight is 174 g/mol. The lowest BCUT2D eigenvalue weighted by Crippen LogP contribution is -1.97. The highest BCUT2D eigenvalue weighted by molar-refractivity contribution is 5.79. The highest BCUT2D eigenvalue weighted by Gasteiger charge is 2.00. The molecule has 0 amide bonds. The second-order valence-electron chi connectivity index (χ2n) is 2.71. The van der Waals surface area contributed by atoms with Gasteiger partial charge in [-0.1, -0.05) is 26.2 Å². The van der Waals surface area contributed by atoms with Gasteiger partial charge in [0.15, 0.2) is 0 Å². The molecule has 1 unspecified atom stereocenters. The Morgan fingerprint density at radius 1 is 1.58 bits per heavy atom. The number of rotatable bonds is 6. The number of carbonyl (C=O) groups is 1. The Bertz CT molecular complexity index is 155. The second-order valence-corrected chi connectivity index (χ2v) is 2.71. The Morgan fingerprint density at radius 2 is 2.25 bits per heavy atom. The van der Waals surface area contributed by atoms with Crippen LogP contribution in [-0.4, -0.2) is 17.2 Å². The lowest BCUT2D eigenvalue weighted by Gasteiger charge is -2.00. The van der Waals surface area contributed by atoms with Gasteiger partial charge in [0, 0.05) is 6.08 Å². The number of aliphatic carboxylic acids is 1. The maximum atomic E-state index is 12.7. The fourth-order valence-corrected chi connectivity index (χ4v) is 0.872. The largest absolute Gasteiger partial charge is 0.478 e. The molecule has 2 nitrogen and oxygen atoms in total. The van der Waals surface area contributed by atoms with Crippen molar-refractivity contribution in [2.24, 2.45) is 0 Å². The van der Waals surface area contributed by atoms with Crippen LogP contribution in [0.15, 0.2) is 12.2 Å². The van der Waals surface area contributed by atoms with E-state index in [-0.39, 0.29) is 0 Å². The van der Waals surface area contributed by atoms with Gasteiger partial charge in [0.2, 0.25) is 0 Å². The third-order valence-corrected chi connectivity index (χ3v) is 1.53. The summed E-state index contributed by atoms with van der Waals surface area (Å²) in [6.45, 7) is 2.04. The first kappa shape index (κ1) is 11.1. The Hall–Kier alpha value is -0.860. The number of hydrogen-bond acceptors (Lipinski definition) is 1. The molecule has 1 atom stereocenters. The van der Waals surface area contributed by atoms with Gasteiger partial charge in [0.05, 0.1) is 0 Å². The van der Waals surface area contributed by atoms with Crippen LogP contribution in [0.2, 0.25) is 0 Å². The van der Waals surface area contributed by atoms with Crippen molar-refractivity contribution in [3.63, 3.8) is 0 Å². The number of unbranched alkanes of at least 4 members (excludes halogenated alkanes) is 2. The van der Waals surface area contributed by atoms with Crippen molar-refractivity contribution < 1.29 is 14.3 Å². The quantitative estimate of drug-likeness (QED) is 0.496. The SMILES string of the molecule is CCCCCC(F)/C=C/C(=O)O. The molecule has 0 aromatic rings. The summed E-state index contributed by atoms with van der Waals surface area (Å²) in [4.78, 5) is 9.98. The van der Waals surface area contributed by atoms with Gasteiger partial charge < -0.3 is 5.11 Å². The zero-order chi connectivity index (χ0) is 9.40. The van der Waals surface area contributed by atoms with Crippen molar-refractivity contribution in [2.75, 3.05) is 0 Å². The predicted molar refractivity (Wildman–Crippen MR) is 45.8 cm³/mol. The van der Waals surface area contributed by atoms with Crippen LogP contribution in [0, 0.1) is 0 Å². The van der Waals surface area contributed by atoms with Gasteiger partial charge in [-0.05, 0) is 12.5 Å². The van der Waals surface area contributed by atoms with Crippen molar-refractivity contribution in [1.82, 2.24) is 0 Å². The minimum Gasteiger partial charge on any atom is -0.478 e. The van der Waals surface area contributed by atoms with Crippen LogP contribution in [0.4, 0.5) is 4.39 Å². The van der Waals surface area contributed by atoms with Gasteiger partial charge in [-0.3, -0.25) is 0 Å². The number of carboxylic acids is 1.